The van der Waals surface area contributed by atoms with Crippen LogP contribution in [0.5, 0.6) is 0 Å². The highest BCUT2D eigenvalue weighted by Gasteiger charge is 2.03. The van der Waals surface area contributed by atoms with Crippen LogP contribution in [-0.4, -0.2) is 18.2 Å². The standard InChI is InChI=1S/C18H19F2NOS/c19-15-6-8-17(9-7-15)23-12-2-11-21-18(22)10-5-14-3-1-4-16(20)13-14/h1,3-4,6-9,13H,2,5,10-12H2,(H,21,22). The lowest BCUT2D eigenvalue weighted by molar-refractivity contribution is -0.121. The molecule has 0 saturated carbocycles. The van der Waals surface area contributed by atoms with Crippen LogP contribution in [0.2, 0.25) is 0 Å². The van der Waals surface area contributed by atoms with Gasteiger partial charge in [0.05, 0.1) is 0 Å². The maximum Gasteiger partial charge on any atom is 0.220 e. The van der Waals surface area contributed by atoms with E-state index in [1.165, 1.54) is 24.3 Å². The second-order valence-corrected chi connectivity index (χ2v) is 6.30. The van der Waals surface area contributed by atoms with Crippen molar-refractivity contribution < 1.29 is 13.6 Å². The smallest absolute Gasteiger partial charge is 0.220 e. The van der Waals surface area contributed by atoms with Gasteiger partial charge in [0.2, 0.25) is 5.91 Å². The zero-order valence-electron chi connectivity index (χ0n) is 12.7. The van der Waals surface area contributed by atoms with Crippen molar-refractivity contribution in [2.75, 3.05) is 12.3 Å². The number of rotatable bonds is 8. The minimum atomic E-state index is -0.277. The van der Waals surface area contributed by atoms with Crippen molar-refractivity contribution in [1.82, 2.24) is 5.32 Å². The van der Waals surface area contributed by atoms with Gasteiger partial charge in [-0.2, -0.15) is 0 Å². The molecule has 0 aliphatic carbocycles. The third-order valence-electron chi connectivity index (χ3n) is 3.26. The minimum absolute atomic E-state index is 0.0268. The lowest BCUT2D eigenvalue weighted by Gasteiger charge is -2.06. The third-order valence-corrected chi connectivity index (χ3v) is 4.35. The van der Waals surface area contributed by atoms with Gasteiger partial charge in [0.25, 0.3) is 0 Å². The Kier molecular flexibility index (Phi) is 7.07. The van der Waals surface area contributed by atoms with Crippen LogP contribution in [0.15, 0.2) is 53.4 Å². The van der Waals surface area contributed by atoms with Crippen LogP contribution >= 0.6 is 11.8 Å². The van der Waals surface area contributed by atoms with Crippen molar-refractivity contribution in [3.63, 3.8) is 0 Å². The number of carbonyl (C=O) groups excluding carboxylic acids is 1. The average molecular weight is 335 g/mol. The molecular weight excluding hydrogens is 316 g/mol. The van der Waals surface area contributed by atoms with Crippen molar-refractivity contribution in [3.05, 3.63) is 65.7 Å². The van der Waals surface area contributed by atoms with Gasteiger partial charge in [-0.3, -0.25) is 4.79 Å². The van der Waals surface area contributed by atoms with Gasteiger partial charge < -0.3 is 5.32 Å². The molecule has 2 aromatic carbocycles. The largest absolute Gasteiger partial charge is 0.356 e. The van der Waals surface area contributed by atoms with Gasteiger partial charge in [0, 0.05) is 17.9 Å². The summed E-state index contributed by atoms with van der Waals surface area (Å²) in [5.41, 5.74) is 0.826. The summed E-state index contributed by atoms with van der Waals surface area (Å²) >= 11 is 1.63. The first kappa shape index (κ1) is 17.5. The van der Waals surface area contributed by atoms with Gasteiger partial charge in [-0.1, -0.05) is 12.1 Å². The molecule has 2 aromatic rings. The van der Waals surface area contributed by atoms with Crippen LogP contribution in [0, 0.1) is 11.6 Å². The van der Waals surface area contributed by atoms with E-state index in [0.717, 1.165) is 22.6 Å². The molecular formula is C18H19F2NOS. The van der Waals surface area contributed by atoms with Gasteiger partial charge in [0.1, 0.15) is 11.6 Å². The fourth-order valence-electron chi connectivity index (χ4n) is 2.06. The van der Waals surface area contributed by atoms with E-state index in [1.807, 2.05) is 6.07 Å². The fraction of sp³-hybridized carbons (Fsp3) is 0.278. The molecule has 0 saturated heterocycles. The SMILES string of the molecule is O=C(CCc1cccc(F)c1)NCCCSc1ccc(F)cc1. The number of thioether (sulfide) groups is 1. The van der Waals surface area contributed by atoms with Gasteiger partial charge in [-0.05, 0) is 60.6 Å². The van der Waals surface area contributed by atoms with Crippen molar-refractivity contribution in [2.45, 2.75) is 24.2 Å². The molecule has 23 heavy (non-hydrogen) atoms. The Labute approximate surface area is 139 Å². The van der Waals surface area contributed by atoms with Crippen molar-refractivity contribution in [3.8, 4) is 0 Å². The van der Waals surface area contributed by atoms with E-state index in [1.54, 1.807) is 30.0 Å². The fourth-order valence-corrected chi connectivity index (χ4v) is 2.91. The van der Waals surface area contributed by atoms with E-state index in [9.17, 15) is 13.6 Å². The first-order valence-corrected chi connectivity index (χ1v) is 8.51. The number of aryl methyl sites for hydroxylation is 1. The van der Waals surface area contributed by atoms with Crippen LogP contribution in [0.4, 0.5) is 8.78 Å². The summed E-state index contributed by atoms with van der Waals surface area (Å²) in [5.74, 6) is 0.317. The Hall–Kier alpha value is -1.88. The number of amides is 1. The Balaban J connectivity index is 1.57. The second-order valence-electron chi connectivity index (χ2n) is 5.14. The molecule has 5 heteroatoms. The Morgan fingerprint density at radius 2 is 1.83 bits per heavy atom. The predicted molar refractivity (Wildman–Crippen MR) is 89.5 cm³/mol. The maximum atomic E-state index is 13.0. The highest BCUT2D eigenvalue weighted by molar-refractivity contribution is 7.99. The van der Waals surface area contributed by atoms with Crippen molar-refractivity contribution in [1.29, 1.82) is 0 Å². The molecule has 122 valence electrons. The highest BCUT2D eigenvalue weighted by atomic mass is 32.2. The minimum Gasteiger partial charge on any atom is -0.356 e. The summed E-state index contributed by atoms with van der Waals surface area (Å²) < 4.78 is 25.8. The molecule has 0 spiro atoms. The number of carbonyl (C=O) groups is 1. The van der Waals surface area contributed by atoms with E-state index >= 15 is 0 Å². The van der Waals surface area contributed by atoms with Gasteiger partial charge in [-0.25, -0.2) is 8.78 Å². The number of hydrogen-bond donors (Lipinski definition) is 1. The van der Waals surface area contributed by atoms with Crippen LogP contribution < -0.4 is 5.32 Å². The van der Waals surface area contributed by atoms with Crippen molar-refractivity contribution >= 4 is 17.7 Å². The van der Waals surface area contributed by atoms with Crippen LogP contribution in [0.25, 0.3) is 0 Å². The summed E-state index contributed by atoms with van der Waals surface area (Å²) in [6.07, 6.45) is 1.73. The molecule has 1 amide bonds. The first-order valence-electron chi connectivity index (χ1n) is 7.53. The molecule has 0 radical (unpaired) electrons. The number of benzene rings is 2. The molecule has 1 N–H and O–H groups in total. The maximum absolute atomic E-state index is 13.0. The molecule has 2 nitrogen and oxygen atoms in total. The van der Waals surface area contributed by atoms with Crippen molar-refractivity contribution in [2.24, 2.45) is 0 Å². The zero-order valence-corrected chi connectivity index (χ0v) is 13.5. The predicted octanol–water partition coefficient (Wildman–Crippen LogP) is 4.20. The third kappa shape index (κ3) is 6.82. The molecule has 0 atom stereocenters. The number of halogens is 2. The lowest BCUT2D eigenvalue weighted by atomic mass is 10.1. The summed E-state index contributed by atoms with van der Waals surface area (Å²) in [5, 5.41) is 2.86. The molecule has 0 bridgehead atoms. The highest BCUT2D eigenvalue weighted by Crippen LogP contribution is 2.18. The van der Waals surface area contributed by atoms with Gasteiger partial charge in [0.15, 0.2) is 0 Å². The zero-order chi connectivity index (χ0) is 16.5. The Bertz CT molecular complexity index is 631. The molecule has 0 unspecified atom stereocenters. The van der Waals surface area contributed by atoms with Crippen LogP contribution in [0.1, 0.15) is 18.4 Å². The lowest BCUT2D eigenvalue weighted by Crippen LogP contribution is -2.25. The molecule has 2 rings (SSSR count). The average Bonchev–Trinajstić information content (AvgIpc) is 2.54. The van der Waals surface area contributed by atoms with Crippen LogP contribution in [-0.2, 0) is 11.2 Å². The molecule has 0 aromatic heterocycles. The van der Waals surface area contributed by atoms with E-state index in [2.05, 4.69) is 5.32 Å². The summed E-state index contributed by atoms with van der Waals surface area (Å²) in [7, 11) is 0. The number of hydrogen-bond acceptors (Lipinski definition) is 2. The van der Waals surface area contributed by atoms with E-state index in [0.29, 0.717) is 19.4 Å². The van der Waals surface area contributed by atoms with E-state index < -0.39 is 0 Å². The molecule has 0 aliphatic rings. The summed E-state index contributed by atoms with van der Waals surface area (Å²) in [6.45, 7) is 0.607. The van der Waals surface area contributed by atoms with E-state index in [-0.39, 0.29) is 17.5 Å². The molecule has 0 aliphatic heterocycles. The monoisotopic (exact) mass is 335 g/mol. The quantitative estimate of drug-likeness (QED) is 0.579. The number of nitrogens with one attached hydrogen (secondary N) is 1. The first-order chi connectivity index (χ1) is 11.1. The summed E-state index contributed by atoms with van der Waals surface area (Å²) in [6, 6.07) is 12.7. The van der Waals surface area contributed by atoms with E-state index in [4.69, 9.17) is 0 Å². The second kappa shape index (κ2) is 9.30. The summed E-state index contributed by atoms with van der Waals surface area (Å²) in [4.78, 5) is 12.7. The topological polar surface area (TPSA) is 29.1 Å². The Morgan fingerprint density at radius 1 is 1.04 bits per heavy atom. The normalized spacial score (nSPS) is 10.5. The molecule has 0 fully saturated rings. The van der Waals surface area contributed by atoms with Gasteiger partial charge in [-0.15, -0.1) is 11.8 Å². The Morgan fingerprint density at radius 3 is 2.57 bits per heavy atom. The van der Waals surface area contributed by atoms with Crippen LogP contribution in [0.3, 0.4) is 0 Å². The molecule has 0 heterocycles. The van der Waals surface area contributed by atoms with Gasteiger partial charge >= 0.3 is 0 Å².